The number of piperazine rings is 1. The number of nitrogens with zero attached hydrogens (tertiary/aromatic N) is 4. The zero-order valence-corrected chi connectivity index (χ0v) is 19.4. The highest BCUT2D eigenvalue weighted by atomic mass is 16.8. The predicted octanol–water partition coefficient (Wildman–Crippen LogP) is 2.90. The summed E-state index contributed by atoms with van der Waals surface area (Å²) in [5.74, 6) is 0.0614. The van der Waals surface area contributed by atoms with E-state index in [1.165, 1.54) is 0 Å². The molecule has 178 valence electrons. The van der Waals surface area contributed by atoms with Crippen LogP contribution >= 0.6 is 0 Å². The van der Waals surface area contributed by atoms with Gasteiger partial charge in [0.25, 0.3) is 0 Å². The van der Waals surface area contributed by atoms with E-state index in [2.05, 4.69) is 22.0 Å². The number of hydrogen-bond donors (Lipinski definition) is 0. The molecule has 0 saturated carbocycles. The molecular weight excluding hydrogens is 432 g/mol. The first-order valence-corrected chi connectivity index (χ1v) is 11.7. The Balaban J connectivity index is 1.18. The third-order valence-electron chi connectivity index (χ3n) is 6.39. The molecule has 2 unspecified atom stereocenters. The van der Waals surface area contributed by atoms with Crippen LogP contribution in [0.5, 0.6) is 5.75 Å². The number of carbonyl (C=O) groups is 1. The van der Waals surface area contributed by atoms with Gasteiger partial charge in [0, 0.05) is 56.7 Å². The summed E-state index contributed by atoms with van der Waals surface area (Å²) in [5, 5.41) is 0. The Morgan fingerprint density at radius 2 is 1.85 bits per heavy atom. The maximum absolute atomic E-state index is 11.5. The molecule has 8 heteroatoms. The van der Waals surface area contributed by atoms with Crippen molar-refractivity contribution in [2.75, 3.05) is 44.3 Å². The minimum atomic E-state index is -0.873. The molecule has 2 aromatic carbocycles. The monoisotopic (exact) mass is 462 g/mol. The molecule has 8 nitrogen and oxygen atoms in total. The van der Waals surface area contributed by atoms with Crippen molar-refractivity contribution in [3.05, 3.63) is 78.9 Å². The molecule has 0 spiro atoms. The standard InChI is InChI=1S/C26H30N4O4/c1-21(31)29-13-15-30(16-14-29)23-7-9-24(10-8-23)32-17-25-18-33-26(34-25,19-28-12-11-27-20-28)22-5-3-2-4-6-22/h2-12,20,25H,13-19H2,1H3. The van der Waals surface area contributed by atoms with Crippen LogP contribution in [-0.2, 0) is 26.6 Å². The molecule has 0 aliphatic carbocycles. The molecule has 1 amide bonds. The summed E-state index contributed by atoms with van der Waals surface area (Å²) in [6, 6.07) is 18.1. The van der Waals surface area contributed by atoms with Crippen LogP contribution in [0.2, 0.25) is 0 Å². The van der Waals surface area contributed by atoms with Crippen molar-refractivity contribution in [2.24, 2.45) is 0 Å². The third-order valence-corrected chi connectivity index (χ3v) is 6.39. The van der Waals surface area contributed by atoms with Gasteiger partial charge in [-0.25, -0.2) is 4.98 Å². The van der Waals surface area contributed by atoms with Crippen LogP contribution in [0.3, 0.4) is 0 Å². The van der Waals surface area contributed by atoms with Gasteiger partial charge in [0.05, 0.1) is 19.5 Å². The van der Waals surface area contributed by atoms with E-state index in [0.29, 0.717) is 19.8 Å². The maximum Gasteiger partial charge on any atom is 0.219 e. The van der Waals surface area contributed by atoms with Gasteiger partial charge in [0.15, 0.2) is 0 Å². The first-order chi connectivity index (χ1) is 16.6. The van der Waals surface area contributed by atoms with E-state index in [9.17, 15) is 4.79 Å². The van der Waals surface area contributed by atoms with Gasteiger partial charge in [-0.15, -0.1) is 0 Å². The molecule has 5 rings (SSSR count). The van der Waals surface area contributed by atoms with Crippen molar-refractivity contribution < 1.29 is 19.0 Å². The average molecular weight is 463 g/mol. The van der Waals surface area contributed by atoms with Crippen molar-refractivity contribution in [3.8, 4) is 5.75 Å². The lowest BCUT2D eigenvalue weighted by atomic mass is 10.1. The van der Waals surface area contributed by atoms with Gasteiger partial charge in [-0.3, -0.25) is 4.79 Å². The van der Waals surface area contributed by atoms with Gasteiger partial charge in [-0.05, 0) is 24.3 Å². The molecule has 2 saturated heterocycles. The van der Waals surface area contributed by atoms with Crippen molar-refractivity contribution >= 4 is 11.6 Å². The number of amides is 1. The Hall–Kier alpha value is -3.36. The molecule has 2 atom stereocenters. The first-order valence-electron chi connectivity index (χ1n) is 11.7. The van der Waals surface area contributed by atoms with Crippen LogP contribution < -0.4 is 9.64 Å². The van der Waals surface area contributed by atoms with Crippen LogP contribution in [-0.4, -0.2) is 65.9 Å². The highest BCUT2D eigenvalue weighted by Crippen LogP contribution is 2.36. The Morgan fingerprint density at radius 3 is 2.53 bits per heavy atom. The molecule has 0 radical (unpaired) electrons. The second-order valence-corrected chi connectivity index (χ2v) is 8.70. The Bertz CT molecular complexity index is 1070. The van der Waals surface area contributed by atoms with E-state index in [1.54, 1.807) is 19.4 Å². The molecule has 3 heterocycles. The molecule has 2 aliphatic heterocycles. The third kappa shape index (κ3) is 4.93. The number of ether oxygens (including phenoxy) is 3. The summed E-state index contributed by atoms with van der Waals surface area (Å²) in [7, 11) is 0. The van der Waals surface area contributed by atoms with Gasteiger partial charge < -0.3 is 28.6 Å². The Morgan fingerprint density at radius 1 is 1.09 bits per heavy atom. The predicted molar refractivity (Wildman–Crippen MR) is 128 cm³/mol. The lowest BCUT2D eigenvalue weighted by Gasteiger charge is -2.35. The molecule has 3 aromatic rings. The van der Waals surface area contributed by atoms with Crippen LogP contribution in [0.4, 0.5) is 5.69 Å². The van der Waals surface area contributed by atoms with Gasteiger partial charge in [0.1, 0.15) is 18.5 Å². The number of imidazole rings is 1. The lowest BCUT2D eigenvalue weighted by molar-refractivity contribution is -0.189. The van der Waals surface area contributed by atoms with Crippen molar-refractivity contribution in [1.29, 1.82) is 0 Å². The first kappa shape index (κ1) is 22.4. The van der Waals surface area contributed by atoms with Gasteiger partial charge in [-0.2, -0.15) is 0 Å². The minimum absolute atomic E-state index is 0.141. The Kier molecular flexibility index (Phi) is 6.51. The van der Waals surface area contributed by atoms with Crippen LogP contribution in [0.1, 0.15) is 12.5 Å². The van der Waals surface area contributed by atoms with Crippen LogP contribution in [0.25, 0.3) is 0 Å². The summed E-state index contributed by atoms with van der Waals surface area (Å²) in [6.45, 7) is 6.18. The zero-order chi connectivity index (χ0) is 23.4. The van der Waals surface area contributed by atoms with E-state index in [1.807, 2.05) is 58.1 Å². The van der Waals surface area contributed by atoms with E-state index < -0.39 is 5.79 Å². The van der Waals surface area contributed by atoms with Crippen LogP contribution in [0, 0.1) is 0 Å². The summed E-state index contributed by atoms with van der Waals surface area (Å²) in [4.78, 5) is 19.9. The molecule has 2 aliphatic rings. The van der Waals surface area contributed by atoms with Crippen molar-refractivity contribution in [1.82, 2.24) is 14.5 Å². The smallest absolute Gasteiger partial charge is 0.219 e. The second kappa shape index (κ2) is 9.87. The second-order valence-electron chi connectivity index (χ2n) is 8.70. The lowest BCUT2D eigenvalue weighted by Crippen LogP contribution is -2.48. The normalized spacial score (nSPS) is 22.7. The zero-order valence-electron chi connectivity index (χ0n) is 19.4. The van der Waals surface area contributed by atoms with E-state index in [4.69, 9.17) is 14.2 Å². The largest absolute Gasteiger partial charge is 0.491 e. The average Bonchev–Trinajstić information content (AvgIpc) is 3.55. The van der Waals surface area contributed by atoms with Gasteiger partial charge in [-0.1, -0.05) is 30.3 Å². The van der Waals surface area contributed by atoms with Crippen molar-refractivity contribution in [3.63, 3.8) is 0 Å². The van der Waals surface area contributed by atoms with E-state index in [-0.39, 0.29) is 12.0 Å². The van der Waals surface area contributed by atoms with Crippen molar-refractivity contribution in [2.45, 2.75) is 25.4 Å². The van der Waals surface area contributed by atoms with Gasteiger partial charge in [0.2, 0.25) is 11.7 Å². The number of rotatable bonds is 7. The minimum Gasteiger partial charge on any atom is -0.491 e. The maximum atomic E-state index is 11.5. The number of hydrogen-bond acceptors (Lipinski definition) is 6. The molecule has 2 fully saturated rings. The highest BCUT2D eigenvalue weighted by molar-refractivity contribution is 5.73. The molecule has 1 aromatic heterocycles. The fourth-order valence-electron chi connectivity index (χ4n) is 4.51. The molecule has 34 heavy (non-hydrogen) atoms. The number of benzene rings is 2. The SMILES string of the molecule is CC(=O)N1CCN(c2ccc(OCC3COC(Cn4ccnc4)(c4ccccc4)O3)cc2)CC1. The fraction of sp³-hybridized carbons (Fsp3) is 0.385. The summed E-state index contributed by atoms with van der Waals surface area (Å²) in [6.07, 6.45) is 5.23. The number of carbonyl (C=O) groups excluding carboxylic acids is 1. The summed E-state index contributed by atoms with van der Waals surface area (Å²) >= 11 is 0. The molecular formula is C26H30N4O4. The number of anilines is 1. The van der Waals surface area contributed by atoms with E-state index in [0.717, 1.165) is 43.2 Å². The Labute approximate surface area is 199 Å². The number of aromatic nitrogens is 2. The topological polar surface area (TPSA) is 69.1 Å². The fourth-order valence-corrected chi connectivity index (χ4v) is 4.51. The van der Waals surface area contributed by atoms with Gasteiger partial charge >= 0.3 is 0 Å². The molecule has 0 N–H and O–H groups in total. The van der Waals surface area contributed by atoms with Crippen LogP contribution in [0.15, 0.2) is 73.3 Å². The summed E-state index contributed by atoms with van der Waals surface area (Å²) in [5.41, 5.74) is 2.11. The van der Waals surface area contributed by atoms with E-state index >= 15 is 0 Å². The highest BCUT2D eigenvalue weighted by Gasteiger charge is 2.43. The molecule has 0 bridgehead atoms. The quantitative estimate of drug-likeness (QED) is 0.538. The summed E-state index contributed by atoms with van der Waals surface area (Å²) < 4.78 is 20.7.